The molecule has 4 N–H and O–H groups in total. The minimum Gasteiger partial charge on any atom is -0.496 e. The van der Waals surface area contributed by atoms with E-state index in [1.165, 1.54) is 6.39 Å². The number of rotatable bonds is 3. The van der Waals surface area contributed by atoms with Gasteiger partial charge >= 0.3 is 0 Å². The molecule has 0 unspecified atom stereocenters. The molecule has 0 bridgehead atoms. The second-order valence-corrected chi connectivity index (χ2v) is 3.29. The molecule has 0 radical (unpaired) electrons. The van der Waals surface area contributed by atoms with Crippen molar-refractivity contribution in [2.45, 2.75) is 0 Å². The second-order valence-electron chi connectivity index (χ2n) is 3.29. The minimum absolute atomic E-state index is 0.000492. The fraction of sp³-hybridized carbons (Fsp3) is 0.0909. The molecule has 2 rings (SSSR count). The van der Waals surface area contributed by atoms with Crippen LogP contribution in [0.2, 0.25) is 0 Å². The van der Waals surface area contributed by atoms with Crippen LogP contribution in [0.4, 0.5) is 5.69 Å². The van der Waals surface area contributed by atoms with Gasteiger partial charge in [0, 0.05) is 6.07 Å². The molecule has 0 aliphatic heterocycles. The summed E-state index contributed by atoms with van der Waals surface area (Å²) in [5.41, 5.74) is 12.0. The zero-order chi connectivity index (χ0) is 12.3. The Bertz CT molecular complexity index is 530. The number of hydrogen-bond donors (Lipinski definition) is 2. The van der Waals surface area contributed by atoms with E-state index < -0.39 is 0 Å². The van der Waals surface area contributed by atoms with E-state index in [9.17, 15) is 0 Å². The average molecular weight is 232 g/mol. The second kappa shape index (κ2) is 4.56. The van der Waals surface area contributed by atoms with Gasteiger partial charge in [0.15, 0.2) is 18.1 Å². The first kappa shape index (κ1) is 11.0. The number of aliphatic imine (C=N–C) groups is 1. The first-order valence-corrected chi connectivity index (χ1v) is 4.87. The van der Waals surface area contributed by atoms with Gasteiger partial charge in [0.05, 0.1) is 24.6 Å². The molecule has 0 fully saturated rings. The van der Waals surface area contributed by atoms with E-state index in [-0.39, 0.29) is 5.96 Å². The summed E-state index contributed by atoms with van der Waals surface area (Å²) in [6.45, 7) is 0. The molecule has 6 nitrogen and oxygen atoms in total. The largest absolute Gasteiger partial charge is 0.496 e. The van der Waals surface area contributed by atoms with E-state index in [2.05, 4.69) is 9.98 Å². The van der Waals surface area contributed by atoms with Crippen LogP contribution >= 0.6 is 0 Å². The van der Waals surface area contributed by atoms with E-state index in [1.807, 2.05) is 0 Å². The molecule has 0 saturated heterocycles. The summed E-state index contributed by atoms with van der Waals surface area (Å²) in [5, 5.41) is 0. The quantitative estimate of drug-likeness (QED) is 0.612. The Kier molecular flexibility index (Phi) is 2.95. The molecule has 0 atom stereocenters. The van der Waals surface area contributed by atoms with Crippen LogP contribution in [0.5, 0.6) is 5.75 Å². The number of ether oxygens (including phenoxy) is 1. The topological polar surface area (TPSA) is 99.7 Å². The molecule has 2 aromatic rings. The molecule has 17 heavy (non-hydrogen) atoms. The summed E-state index contributed by atoms with van der Waals surface area (Å²) in [6, 6.07) is 5.29. The maximum absolute atomic E-state index is 5.31. The highest BCUT2D eigenvalue weighted by Crippen LogP contribution is 2.32. The number of methoxy groups -OCH3 is 1. The van der Waals surface area contributed by atoms with Gasteiger partial charge in [0.1, 0.15) is 5.75 Å². The molecule has 0 aliphatic rings. The summed E-state index contributed by atoms with van der Waals surface area (Å²) in [7, 11) is 1.56. The first-order valence-electron chi connectivity index (χ1n) is 4.87. The Morgan fingerprint density at radius 1 is 1.41 bits per heavy atom. The Morgan fingerprint density at radius 3 is 2.82 bits per heavy atom. The Morgan fingerprint density at radius 2 is 2.24 bits per heavy atom. The van der Waals surface area contributed by atoms with E-state index in [4.69, 9.17) is 20.6 Å². The van der Waals surface area contributed by atoms with Gasteiger partial charge in [-0.1, -0.05) is 0 Å². The standard InChI is InChI=1S/C11H12N4O2/c1-16-9-4-7(15-11(12)13)2-3-8(9)10-5-14-6-17-10/h2-6H,1H3,(H4,12,13,15). The number of nitrogens with zero attached hydrogens (tertiary/aromatic N) is 2. The van der Waals surface area contributed by atoms with Gasteiger partial charge in [-0.05, 0) is 12.1 Å². The van der Waals surface area contributed by atoms with Gasteiger partial charge in [-0.15, -0.1) is 0 Å². The highest BCUT2D eigenvalue weighted by atomic mass is 16.5. The summed E-state index contributed by atoms with van der Waals surface area (Å²) in [6.07, 6.45) is 2.97. The first-order chi connectivity index (χ1) is 8.20. The lowest BCUT2D eigenvalue weighted by atomic mass is 10.1. The molecule has 1 aromatic heterocycles. The minimum atomic E-state index is -0.000492. The van der Waals surface area contributed by atoms with Crippen molar-refractivity contribution in [3.63, 3.8) is 0 Å². The highest BCUT2D eigenvalue weighted by molar-refractivity contribution is 5.80. The van der Waals surface area contributed by atoms with Crippen LogP contribution in [0.1, 0.15) is 0 Å². The van der Waals surface area contributed by atoms with Gasteiger partial charge < -0.3 is 20.6 Å². The number of oxazole rings is 1. The molecule has 88 valence electrons. The Balaban J connectivity index is 2.46. The number of aromatic nitrogens is 1. The summed E-state index contributed by atoms with van der Waals surface area (Å²) < 4.78 is 10.5. The summed E-state index contributed by atoms with van der Waals surface area (Å²) in [4.78, 5) is 7.79. The average Bonchev–Trinajstić information content (AvgIpc) is 2.81. The third-order valence-corrected chi connectivity index (χ3v) is 2.14. The molecule has 1 aromatic carbocycles. The van der Waals surface area contributed by atoms with Crippen LogP contribution in [-0.2, 0) is 0 Å². The Labute approximate surface area is 97.9 Å². The monoisotopic (exact) mass is 232 g/mol. The van der Waals surface area contributed by atoms with E-state index in [1.54, 1.807) is 31.5 Å². The zero-order valence-electron chi connectivity index (χ0n) is 9.25. The third-order valence-electron chi connectivity index (χ3n) is 2.14. The van der Waals surface area contributed by atoms with Crippen molar-refractivity contribution in [2.24, 2.45) is 16.5 Å². The predicted molar refractivity (Wildman–Crippen MR) is 64.0 cm³/mol. The maximum Gasteiger partial charge on any atom is 0.191 e. The lowest BCUT2D eigenvalue weighted by Crippen LogP contribution is -2.21. The van der Waals surface area contributed by atoms with Gasteiger partial charge in [-0.3, -0.25) is 0 Å². The van der Waals surface area contributed by atoms with Crippen LogP contribution < -0.4 is 16.2 Å². The lowest BCUT2D eigenvalue weighted by Gasteiger charge is -2.06. The summed E-state index contributed by atoms with van der Waals surface area (Å²) in [5.74, 6) is 1.24. The van der Waals surface area contributed by atoms with Gasteiger partial charge in [-0.25, -0.2) is 9.98 Å². The van der Waals surface area contributed by atoms with Crippen LogP contribution in [-0.4, -0.2) is 18.1 Å². The predicted octanol–water partition coefficient (Wildman–Crippen LogP) is 1.26. The number of nitrogens with two attached hydrogens (primary N) is 2. The van der Waals surface area contributed by atoms with Gasteiger partial charge in [-0.2, -0.15) is 0 Å². The van der Waals surface area contributed by atoms with Crippen LogP contribution in [0.25, 0.3) is 11.3 Å². The summed E-state index contributed by atoms with van der Waals surface area (Å²) >= 11 is 0. The van der Waals surface area contributed by atoms with Crippen molar-refractivity contribution < 1.29 is 9.15 Å². The molecular formula is C11H12N4O2. The third kappa shape index (κ3) is 2.36. The fourth-order valence-corrected chi connectivity index (χ4v) is 1.45. The van der Waals surface area contributed by atoms with E-state index >= 15 is 0 Å². The molecule has 1 heterocycles. The normalized spacial score (nSPS) is 9.94. The van der Waals surface area contributed by atoms with Crippen LogP contribution in [0.3, 0.4) is 0 Å². The van der Waals surface area contributed by atoms with Crippen LogP contribution in [0.15, 0.2) is 40.2 Å². The van der Waals surface area contributed by atoms with Crippen LogP contribution in [0, 0.1) is 0 Å². The van der Waals surface area contributed by atoms with Crippen molar-refractivity contribution >= 4 is 11.6 Å². The van der Waals surface area contributed by atoms with Crippen molar-refractivity contribution in [1.29, 1.82) is 0 Å². The molecular weight excluding hydrogens is 220 g/mol. The fourth-order valence-electron chi connectivity index (χ4n) is 1.45. The molecule has 0 amide bonds. The molecule has 0 aliphatic carbocycles. The number of guanidine groups is 1. The van der Waals surface area contributed by atoms with Crippen molar-refractivity contribution in [2.75, 3.05) is 7.11 Å². The van der Waals surface area contributed by atoms with Gasteiger partial charge in [0.25, 0.3) is 0 Å². The zero-order valence-corrected chi connectivity index (χ0v) is 9.25. The number of hydrogen-bond acceptors (Lipinski definition) is 4. The Hall–Kier alpha value is -2.50. The highest BCUT2D eigenvalue weighted by Gasteiger charge is 2.09. The smallest absolute Gasteiger partial charge is 0.191 e. The molecule has 0 spiro atoms. The molecule has 6 heteroatoms. The van der Waals surface area contributed by atoms with Crippen molar-refractivity contribution in [3.8, 4) is 17.1 Å². The van der Waals surface area contributed by atoms with E-state index in [0.717, 1.165) is 5.56 Å². The van der Waals surface area contributed by atoms with Crippen molar-refractivity contribution in [1.82, 2.24) is 4.98 Å². The van der Waals surface area contributed by atoms with E-state index in [0.29, 0.717) is 17.2 Å². The lowest BCUT2D eigenvalue weighted by molar-refractivity contribution is 0.415. The maximum atomic E-state index is 5.31. The van der Waals surface area contributed by atoms with Crippen molar-refractivity contribution in [3.05, 3.63) is 30.8 Å². The number of benzene rings is 1. The van der Waals surface area contributed by atoms with Gasteiger partial charge in [0.2, 0.25) is 0 Å². The SMILES string of the molecule is COc1cc(N=C(N)N)ccc1-c1cnco1. The molecule has 0 saturated carbocycles.